The number of rotatable bonds is 7. The van der Waals surface area contributed by atoms with Crippen molar-refractivity contribution in [2.75, 3.05) is 11.9 Å². The zero-order valence-corrected chi connectivity index (χ0v) is 15.1. The van der Waals surface area contributed by atoms with Crippen molar-refractivity contribution in [3.63, 3.8) is 0 Å². The highest BCUT2D eigenvalue weighted by atomic mass is 16.2. The van der Waals surface area contributed by atoms with Crippen molar-refractivity contribution < 1.29 is 9.59 Å². The van der Waals surface area contributed by atoms with Crippen LogP contribution < -0.4 is 10.6 Å². The molecule has 1 aliphatic carbocycles. The molecular weight excluding hydrogens is 316 g/mol. The second-order valence-electron chi connectivity index (χ2n) is 6.82. The molecule has 25 heavy (non-hydrogen) atoms. The van der Waals surface area contributed by atoms with E-state index < -0.39 is 0 Å². The molecule has 0 saturated heterocycles. The number of benzene rings is 1. The molecule has 3 amide bonds. The standard InChI is InChI=1S/C19H26N4O2/c1-13(2)21-19(25)22-17-9-7-16(8-10-17)18(24)23(12-4-11-20)14(3)15-5-6-15/h7-10,13-15H,4-6,12H2,1-3H3,(H2,21,22,25)/t14-/m0/s1. The number of amides is 3. The van der Waals surface area contributed by atoms with Crippen LogP contribution in [0.25, 0.3) is 0 Å². The molecule has 0 heterocycles. The van der Waals surface area contributed by atoms with Crippen LogP contribution in [0.5, 0.6) is 0 Å². The maximum absolute atomic E-state index is 12.8. The van der Waals surface area contributed by atoms with E-state index in [1.807, 2.05) is 13.8 Å². The van der Waals surface area contributed by atoms with Gasteiger partial charge in [0.2, 0.25) is 0 Å². The Morgan fingerprint density at radius 3 is 2.40 bits per heavy atom. The normalized spacial score (nSPS) is 14.5. The van der Waals surface area contributed by atoms with Gasteiger partial charge in [-0.3, -0.25) is 4.79 Å². The Morgan fingerprint density at radius 2 is 1.88 bits per heavy atom. The fraction of sp³-hybridized carbons (Fsp3) is 0.526. The lowest BCUT2D eigenvalue weighted by Gasteiger charge is -2.29. The smallest absolute Gasteiger partial charge is 0.319 e. The van der Waals surface area contributed by atoms with Gasteiger partial charge in [-0.25, -0.2) is 4.79 Å². The summed E-state index contributed by atoms with van der Waals surface area (Å²) in [6.45, 7) is 6.28. The lowest BCUT2D eigenvalue weighted by molar-refractivity contribution is 0.0677. The number of anilines is 1. The molecule has 0 bridgehead atoms. The summed E-state index contributed by atoms with van der Waals surface area (Å²) in [5.41, 5.74) is 1.20. The van der Waals surface area contributed by atoms with Gasteiger partial charge in [0.05, 0.1) is 12.5 Å². The SMILES string of the molecule is CC(C)NC(=O)Nc1ccc(C(=O)N(CCC#N)[C@@H](C)C2CC2)cc1. The minimum atomic E-state index is -0.271. The Kier molecular flexibility index (Phi) is 6.40. The molecule has 0 spiro atoms. The van der Waals surface area contributed by atoms with Gasteiger partial charge in [0, 0.05) is 29.9 Å². The van der Waals surface area contributed by atoms with Crippen molar-refractivity contribution in [3.05, 3.63) is 29.8 Å². The molecule has 2 rings (SSSR count). The average Bonchev–Trinajstić information content (AvgIpc) is 3.39. The van der Waals surface area contributed by atoms with Crippen molar-refractivity contribution in [1.29, 1.82) is 5.26 Å². The molecule has 1 saturated carbocycles. The van der Waals surface area contributed by atoms with Crippen molar-refractivity contribution in [3.8, 4) is 6.07 Å². The van der Waals surface area contributed by atoms with Crippen molar-refractivity contribution in [1.82, 2.24) is 10.2 Å². The maximum atomic E-state index is 12.8. The quantitative estimate of drug-likeness (QED) is 0.796. The van der Waals surface area contributed by atoms with Crippen molar-refractivity contribution in [2.24, 2.45) is 5.92 Å². The van der Waals surface area contributed by atoms with Gasteiger partial charge < -0.3 is 15.5 Å². The number of hydrogen-bond acceptors (Lipinski definition) is 3. The molecule has 1 aliphatic rings. The van der Waals surface area contributed by atoms with Crippen LogP contribution in [0, 0.1) is 17.2 Å². The van der Waals surface area contributed by atoms with Gasteiger partial charge in [0.25, 0.3) is 5.91 Å². The zero-order valence-electron chi connectivity index (χ0n) is 15.1. The first-order valence-corrected chi connectivity index (χ1v) is 8.78. The predicted molar refractivity (Wildman–Crippen MR) is 97.2 cm³/mol. The summed E-state index contributed by atoms with van der Waals surface area (Å²) in [7, 11) is 0. The summed E-state index contributed by atoms with van der Waals surface area (Å²) in [5, 5.41) is 14.3. The van der Waals surface area contributed by atoms with E-state index in [4.69, 9.17) is 5.26 Å². The lowest BCUT2D eigenvalue weighted by Crippen LogP contribution is -2.40. The van der Waals surface area contributed by atoms with Crippen LogP contribution in [0.15, 0.2) is 24.3 Å². The Labute approximate surface area is 149 Å². The first-order valence-electron chi connectivity index (χ1n) is 8.78. The maximum Gasteiger partial charge on any atom is 0.319 e. The molecule has 6 heteroatoms. The summed E-state index contributed by atoms with van der Waals surface area (Å²) in [6, 6.07) is 8.92. The van der Waals surface area contributed by atoms with Crippen LogP contribution in [-0.2, 0) is 0 Å². The third-order valence-corrected chi connectivity index (χ3v) is 4.33. The van der Waals surface area contributed by atoms with E-state index in [-0.39, 0.29) is 24.0 Å². The lowest BCUT2D eigenvalue weighted by atomic mass is 10.1. The summed E-state index contributed by atoms with van der Waals surface area (Å²) >= 11 is 0. The minimum Gasteiger partial charge on any atom is -0.336 e. The van der Waals surface area contributed by atoms with E-state index in [0.29, 0.717) is 30.1 Å². The molecule has 1 aromatic rings. The number of nitrogens with one attached hydrogen (secondary N) is 2. The highest BCUT2D eigenvalue weighted by Crippen LogP contribution is 2.35. The van der Waals surface area contributed by atoms with Gasteiger partial charge in [0.1, 0.15) is 0 Å². The van der Waals surface area contributed by atoms with E-state index in [2.05, 4.69) is 23.6 Å². The Bertz CT molecular complexity index is 644. The molecule has 1 fully saturated rings. The van der Waals surface area contributed by atoms with Gasteiger partial charge in [0.15, 0.2) is 0 Å². The third-order valence-electron chi connectivity index (χ3n) is 4.33. The molecule has 0 aromatic heterocycles. The van der Waals surface area contributed by atoms with Crippen LogP contribution >= 0.6 is 0 Å². The summed E-state index contributed by atoms with van der Waals surface area (Å²) < 4.78 is 0. The zero-order chi connectivity index (χ0) is 18.4. The number of hydrogen-bond donors (Lipinski definition) is 2. The monoisotopic (exact) mass is 342 g/mol. The highest BCUT2D eigenvalue weighted by Gasteiger charge is 2.34. The third kappa shape index (κ3) is 5.49. The van der Waals surface area contributed by atoms with Crippen LogP contribution in [-0.4, -0.2) is 35.5 Å². The molecule has 0 radical (unpaired) electrons. The molecular formula is C19H26N4O2. The Morgan fingerprint density at radius 1 is 1.24 bits per heavy atom. The van der Waals surface area contributed by atoms with Gasteiger partial charge in [-0.05, 0) is 63.8 Å². The Hall–Kier alpha value is -2.55. The fourth-order valence-electron chi connectivity index (χ4n) is 2.79. The molecule has 1 aromatic carbocycles. The van der Waals surface area contributed by atoms with Crippen LogP contribution in [0.2, 0.25) is 0 Å². The second-order valence-corrected chi connectivity index (χ2v) is 6.82. The highest BCUT2D eigenvalue weighted by molar-refractivity contribution is 5.95. The van der Waals surface area contributed by atoms with E-state index in [0.717, 1.165) is 12.8 Å². The van der Waals surface area contributed by atoms with E-state index in [1.54, 1.807) is 29.2 Å². The van der Waals surface area contributed by atoms with E-state index in [9.17, 15) is 9.59 Å². The predicted octanol–water partition coefficient (Wildman–Crippen LogP) is 3.37. The molecule has 0 aliphatic heterocycles. The number of nitrogens with zero attached hydrogens (tertiary/aromatic N) is 2. The first kappa shape index (κ1) is 18.8. The van der Waals surface area contributed by atoms with Crippen molar-refractivity contribution in [2.45, 2.75) is 52.1 Å². The summed E-state index contributed by atoms with van der Waals surface area (Å²) in [5.74, 6) is 0.483. The average molecular weight is 342 g/mol. The number of urea groups is 1. The number of carbonyl (C=O) groups excluding carboxylic acids is 2. The largest absolute Gasteiger partial charge is 0.336 e. The molecule has 0 unspecified atom stereocenters. The number of nitriles is 1. The summed E-state index contributed by atoms with van der Waals surface area (Å²) in [6.07, 6.45) is 2.62. The minimum absolute atomic E-state index is 0.0541. The van der Waals surface area contributed by atoms with Gasteiger partial charge in [-0.1, -0.05) is 0 Å². The van der Waals surface area contributed by atoms with Crippen LogP contribution in [0.4, 0.5) is 10.5 Å². The van der Waals surface area contributed by atoms with Crippen LogP contribution in [0.3, 0.4) is 0 Å². The summed E-state index contributed by atoms with van der Waals surface area (Å²) in [4.78, 5) is 26.3. The van der Waals surface area contributed by atoms with Gasteiger partial charge in [-0.15, -0.1) is 0 Å². The van der Waals surface area contributed by atoms with Gasteiger partial charge in [-0.2, -0.15) is 5.26 Å². The molecule has 134 valence electrons. The Balaban J connectivity index is 2.04. The second kappa shape index (κ2) is 8.52. The van der Waals surface area contributed by atoms with Crippen molar-refractivity contribution >= 4 is 17.6 Å². The molecule has 2 N–H and O–H groups in total. The van der Waals surface area contributed by atoms with Crippen LogP contribution in [0.1, 0.15) is 50.4 Å². The topological polar surface area (TPSA) is 85.2 Å². The molecule has 1 atom stereocenters. The first-order chi connectivity index (χ1) is 11.9. The number of carbonyl (C=O) groups is 2. The van der Waals surface area contributed by atoms with Gasteiger partial charge >= 0.3 is 6.03 Å². The fourth-order valence-corrected chi connectivity index (χ4v) is 2.79. The molecule has 6 nitrogen and oxygen atoms in total. The van der Waals surface area contributed by atoms with E-state index in [1.165, 1.54) is 0 Å². The van der Waals surface area contributed by atoms with E-state index >= 15 is 0 Å².